The zero-order chi connectivity index (χ0) is 19.7. The highest BCUT2D eigenvalue weighted by Crippen LogP contribution is 2.29. The summed E-state index contributed by atoms with van der Waals surface area (Å²) in [6.45, 7) is 2.20. The Morgan fingerprint density at radius 2 is 1.85 bits per heavy atom. The van der Waals surface area contributed by atoms with E-state index in [-0.39, 0.29) is 10.7 Å². The number of carbonyl (C=O) groups is 3. The van der Waals surface area contributed by atoms with Gasteiger partial charge in [-0.2, -0.15) is 5.10 Å². The molecule has 5 N–H and O–H groups in total. The quantitative estimate of drug-likeness (QED) is 0.534. The predicted octanol–water partition coefficient (Wildman–Crippen LogP) is 0.663. The minimum Gasteiger partial charge on any atom is -0.367 e. The van der Waals surface area contributed by atoms with Crippen molar-refractivity contribution < 1.29 is 18.8 Å². The second kappa shape index (κ2) is 7.16. The van der Waals surface area contributed by atoms with Gasteiger partial charge in [0.1, 0.15) is 10.6 Å². The molecule has 8 nitrogen and oxygen atoms in total. The van der Waals surface area contributed by atoms with E-state index in [4.69, 9.17) is 11.5 Å². The topological polar surface area (TPSA) is 133 Å². The van der Waals surface area contributed by atoms with Crippen molar-refractivity contribution in [2.45, 2.75) is 19.5 Å². The van der Waals surface area contributed by atoms with Crippen LogP contribution in [-0.2, 0) is 16.1 Å². The van der Waals surface area contributed by atoms with Gasteiger partial charge in [-0.1, -0.05) is 12.1 Å². The van der Waals surface area contributed by atoms with Crippen LogP contribution in [0.2, 0.25) is 0 Å². The second-order valence-corrected chi connectivity index (χ2v) is 6.94. The van der Waals surface area contributed by atoms with Gasteiger partial charge in [0, 0.05) is 5.39 Å². The van der Waals surface area contributed by atoms with Gasteiger partial charge < -0.3 is 16.8 Å². The Kier molecular flexibility index (Phi) is 4.91. The third kappa shape index (κ3) is 3.80. The van der Waals surface area contributed by atoms with Crippen LogP contribution >= 0.6 is 11.3 Å². The fourth-order valence-electron chi connectivity index (χ4n) is 2.58. The third-order valence-corrected chi connectivity index (χ3v) is 5.07. The van der Waals surface area contributed by atoms with Gasteiger partial charge >= 0.3 is 0 Å². The second-order valence-electron chi connectivity index (χ2n) is 5.91. The van der Waals surface area contributed by atoms with Crippen molar-refractivity contribution >= 4 is 39.3 Å². The smallest absolute Gasteiger partial charge is 0.262 e. The van der Waals surface area contributed by atoms with Crippen molar-refractivity contribution in [3.8, 4) is 0 Å². The maximum absolute atomic E-state index is 13.1. The lowest BCUT2D eigenvalue weighted by atomic mass is 10.2. The zero-order valence-electron chi connectivity index (χ0n) is 14.2. The van der Waals surface area contributed by atoms with E-state index in [9.17, 15) is 18.8 Å². The van der Waals surface area contributed by atoms with Crippen LogP contribution in [0.3, 0.4) is 0 Å². The van der Waals surface area contributed by atoms with E-state index in [0.717, 1.165) is 27.1 Å². The number of rotatable bonds is 6. The average Bonchev–Trinajstić information content (AvgIpc) is 3.16. The highest BCUT2D eigenvalue weighted by molar-refractivity contribution is 7.20. The van der Waals surface area contributed by atoms with E-state index in [2.05, 4.69) is 10.4 Å². The standard InChI is InChI=1S/C17H16FN5O3S/c1-8-11-6-12(16(26)21-13(14(19)24)15(20)25)27-17(11)23(22-8)7-9-2-4-10(18)5-3-9/h2-6,13H,7H2,1H3,(H2,19,24)(H2,20,25)(H,21,26). The van der Waals surface area contributed by atoms with Crippen molar-refractivity contribution in [1.29, 1.82) is 0 Å². The Labute approximate surface area is 156 Å². The monoisotopic (exact) mass is 389 g/mol. The molecular formula is C17H16FN5O3S. The van der Waals surface area contributed by atoms with Gasteiger partial charge in [0.15, 0.2) is 6.04 Å². The molecule has 0 fully saturated rings. The number of aryl methyl sites for hydroxylation is 1. The van der Waals surface area contributed by atoms with Crippen LogP contribution in [0.4, 0.5) is 4.39 Å². The molecule has 0 bridgehead atoms. The number of nitrogens with zero attached hydrogens (tertiary/aromatic N) is 2. The summed E-state index contributed by atoms with van der Waals surface area (Å²) in [5.74, 6) is -3.02. The van der Waals surface area contributed by atoms with Crippen LogP contribution in [0, 0.1) is 12.7 Å². The molecule has 0 atom stereocenters. The summed E-state index contributed by atoms with van der Waals surface area (Å²) in [5.41, 5.74) is 11.7. The maximum atomic E-state index is 13.1. The first kappa shape index (κ1) is 18.5. The van der Waals surface area contributed by atoms with Gasteiger partial charge in [-0.25, -0.2) is 4.39 Å². The molecule has 0 unspecified atom stereocenters. The molecule has 0 radical (unpaired) electrons. The minimum atomic E-state index is -1.58. The summed E-state index contributed by atoms with van der Waals surface area (Å²) < 4.78 is 14.8. The summed E-state index contributed by atoms with van der Waals surface area (Å²) in [5, 5.41) is 7.43. The lowest BCUT2D eigenvalue weighted by Crippen LogP contribution is -2.52. The van der Waals surface area contributed by atoms with Gasteiger partial charge in [-0.3, -0.25) is 19.1 Å². The number of halogens is 1. The lowest BCUT2D eigenvalue weighted by Gasteiger charge is -2.10. The largest absolute Gasteiger partial charge is 0.367 e. The number of amides is 3. The maximum Gasteiger partial charge on any atom is 0.262 e. The third-order valence-electron chi connectivity index (χ3n) is 3.92. The molecule has 0 saturated carbocycles. The number of carbonyl (C=O) groups excluding carboxylic acids is 3. The predicted molar refractivity (Wildman–Crippen MR) is 97.5 cm³/mol. The summed E-state index contributed by atoms with van der Waals surface area (Å²) >= 11 is 1.15. The molecule has 0 aliphatic carbocycles. The van der Waals surface area contributed by atoms with Crippen LogP contribution in [0.1, 0.15) is 20.9 Å². The molecule has 0 aliphatic heterocycles. The first-order chi connectivity index (χ1) is 12.8. The first-order valence-corrected chi connectivity index (χ1v) is 8.69. The number of thiophene rings is 1. The molecule has 0 spiro atoms. The van der Waals surface area contributed by atoms with E-state index in [1.54, 1.807) is 29.8 Å². The molecule has 0 saturated heterocycles. The zero-order valence-corrected chi connectivity index (χ0v) is 15.0. The molecule has 2 heterocycles. The molecule has 2 aromatic heterocycles. The highest BCUT2D eigenvalue weighted by atomic mass is 32.1. The molecule has 10 heteroatoms. The van der Waals surface area contributed by atoms with Crippen LogP contribution in [0.25, 0.3) is 10.2 Å². The van der Waals surface area contributed by atoms with E-state index in [1.807, 2.05) is 0 Å². The highest BCUT2D eigenvalue weighted by Gasteiger charge is 2.26. The number of hydrogen-bond acceptors (Lipinski definition) is 5. The van der Waals surface area contributed by atoms with E-state index >= 15 is 0 Å². The van der Waals surface area contributed by atoms with Crippen LogP contribution in [0.15, 0.2) is 30.3 Å². The number of primary amides is 2. The summed E-state index contributed by atoms with van der Waals surface area (Å²) in [6, 6.07) is 6.08. The Hall–Kier alpha value is -3.27. The summed E-state index contributed by atoms with van der Waals surface area (Å²) in [6.07, 6.45) is 0. The number of nitrogens with one attached hydrogen (secondary N) is 1. The Bertz CT molecular complexity index is 1030. The summed E-state index contributed by atoms with van der Waals surface area (Å²) in [4.78, 5) is 35.8. The van der Waals surface area contributed by atoms with Crippen molar-refractivity contribution in [1.82, 2.24) is 15.1 Å². The number of nitrogens with two attached hydrogens (primary N) is 2. The van der Waals surface area contributed by atoms with Gasteiger partial charge in [0.05, 0.1) is 17.1 Å². The van der Waals surface area contributed by atoms with Crippen molar-refractivity contribution in [3.63, 3.8) is 0 Å². The van der Waals surface area contributed by atoms with E-state index < -0.39 is 23.8 Å². The molecule has 140 valence electrons. The van der Waals surface area contributed by atoms with Crippen LogP contribution in [-0.4, -0.2) is 33.5 Å². The fraction of sp³-hybridized carbons (Fsp3) is 0.176. The lowest BCUT2D eigenvalue weighted by molar-refractivity contribution is -0.128. The molecule has 3 rings (SSSR count). The average molecular weight is 389 g/mol. The van der Waals surface area contributed by atoms with Gasteiger partial charge in [0.2, 0.25) is 11.8 Å². The molecule has 0 aliphatic rings. The molecule has 3 amide bonds. The fourth-order valence-corrected chi connectivity index (χ4v) is 3.64. The van der Waals surface area contributed by atoms with E-state index in [1.165, 1.54) is 12.1 Å². The number of hydrogen-bond donors (Lipinski definition) is 3. The minimum absolute atomic E-state index is 0.283. The van der Waals surface area contributed by atoms with Crippen molar-refractivity contribution in [2.24, 2.45) is 11.5 Å². The number of fused-ring (bicyclic) bond motifs is 1. The number of aromatic nitrogens is 2. The van der Waals surface area contributed by atoms with Gasteiger partial charge in [-0.15, -0.1) is 11.3 Å². The normalized spacial score (nSPS) is 11.1. The first-order valence-electron chi connectivity index (χ1n) is 7.87. The van der Waals surface area contributed by atoms with E-state index in [0.29, 0.717) is 12.2 Å². The molecule has 3 aromatic rings. The summed E-state index contributed by atoms with van der Waals surface area (Å²) in [7, 11) is 0. The Morgan fingerprint density at radius 1 is 1.22 bits per heavy atom. The van der Waals surface area contributed by atoms with Crippen molar-refractivity contribution in [2.75, 3.05) is 0 Å². The van der Waals surface area contributed by atoms with Crippen LogP contribution < -0.4 is 16.8 Å². The van der Waals surface area contributed by atoms with Crippen molar-refractivity contribution in [3.05, 3.63) is 52.3 Å². The van der Waals surface area contributed by atoms with Gasteiger partial charge in [0.25, 0.3) is 5.91 Å². The van der Waals surface area contributed by atoms with Gasteiger partial charge in [-0.05, 0) is 30.7 Å². The molecule has 27 heavy (non-hydrogen) atoms. The Morgan fingerprint density at radius 3 is 2.44 bits per heavy atom. The SMILES string of the molecule is Cc1nn(Cc2ccc(F)cc2)c2sc(C(=O)NC(C(N)=O)C(N)=O)cc12. The number of benzene rings is 1. The van der Waals surface area contributed by atoms with Crippen LogP contribution in [0.5, 0.6) is 0 Å². The molecular weight excluding hydrogens is 373 g/mol. The Balaban J connectivity index is 1.89. The molecule has 1 aromatic carbocycles.